The van der Waals surface area contributed by atoms with E-state index in [0.29, 0.717) is 5.69 Å². The highest BCUT2D eigenvalue weighted by Gasteiger charge is 2.31. The zero-order valence-electron chi connectivity index (χ0n) is 7.66. The zero-order valence-corrected chi connectivity index (χ0v) is 9.99. The van der Waals surface area contributed by atoms with Crippen LogP contribution in [-0.4, -0.2) is 8.42 Å². The van der Waals surface area contributed by atoms with Gasteiger partial charge < -0.3 is 5.32 Å². The fraction of sp³-hybridized carbons (Fsp3) is 0. The standard InChI is InChI=1S/C9H4Cl2N2O2S/c10-5-1-2-6-7(3-5)16(14,15)8(4-12)9(11)13-6/h1-3,13H. The lowest BCUT2D eigenvalue weighted by Gasteiger charge is -2.17. The Labute approximate surface area is 102 Å². The second-order valence-electron chi connectivity index (χ2n) is 3.02. The minimum absolute atomic E-state index is 0.0408. The first-order chi connectivity index (χ1) is 7.46. The molecule has 1 aromatic rings. The van der Waals surface area contributed by atoms with Gasteiger partial charge >= 0.3 is 0 Å². The van der Waals surface area contributed by atoms with Crippen molar-refractivity contribution in [2.24, 2.45) is 0 Å². The predicted octanol–water partition coefficient (Wildman–Crippen LogP) is 2.47. The van der Waals surface area contributed by atoms with E-state index in [1.54, 1.807) is 6.07 Å². The molecule has 0 bridgehead atoms. The van der Waals surface area contributed by atoms with E-state index >= 15 is 0 Å². The maximum atomic E-state index is 11.9. The largest absolute Gasteiger partial charge is 0.343 e. The number of benzene rings is 1. The molecule has 0 atom stereocenters. The number of nitrogens with zero attached hydrogens (tertiary/aromatic N) is 1. The van der Waals surface area contributed by atoms with Gasteiger partial charge in [-0.3, -0.25) is 0 Å². The fourth-order valence-corrected chi connectivity index (χ4v) is 3.34. The smallest absolute Gasteiger partial charge is 0.221 e. The molecule has 1 aromatic carbocycles. The van der Waals surface area contributed by atoms with Crippen LogP contribution in [0, 0.1) is 11.3 Å². The number of rotatable bonds is 0. The number of nitriles is 1. The van der Waals surface area contributed by atoms with E-state index in [9.17, 15) is 8.42 Å². The molecule has 0 amide bonds. The third kappa shape index (κ3) is 1.55. The first kappa shape index (κ1) is 11.3. The summed E-state index contributed by atoms with van der Waals surface area (Å²) in [6.45, 7) is 0. The quantitative estimate of drug-likeness (QED) is 0.738. The van der Waals surface area contributed by atoms with Crippen molar-refractivity contribution in [1.82, 2.24) is 0 Å². The molecule has 0 saturated carbocycles. The Hall–Kier alpha value is -1.22. The summed E-state index contributed by atoms with van der Waals surface area (Å²) in [6.07, 6.45) is 0. The molecule has 4 nitrogen and oxygen atoms in total. The molecule has 0 unspecified atom stereocenters. The number of hydrogen-bond acceptors (Lipinski definition) is 4. The van der Waals surface area contributed by atoms with Gasteiger partial charge in [-0.1, -0.05) is 23.2 Å². The summed E-state index contributed by atoms with van der Waals surface area (Å²) in [4.78, 5) is -0.537. The molecular weight excluding hydrogens is 271 g/mol. The lowest BCUT2D eigenvalue weighted by Crippen LogP contribution is -2.16. The van der Waals surface area contributed by atoms with Gasteiger partial charge in [-0.25, -0.2) is 8.42 Å². The second-order valence-corrected chi connectivity index (χ2v) is 5.69. The SMILES string of the molecule is N#CC1=C(Cl)Nc2ccc(Cl)cc2S1(=O)=O. The summed E-state index contributed by atoms with van der Waals surface area (Å²) in [6, 6.07) is 5.86. The average Bonchev–Trinajstić information content (AvgIpc) is 2.19. The van der Waals surface area contributed by atoms with Gasteiger partial charge in [0.2, 0.25) is 9.84 Å². The van der Waals surface area contributed by atoms with Crippen LogP contribution < -0.4 is 5.32 Å². The van der Waals surface area contributed by atoms with Crippen LogP contribution in [0.25, 0.3) is 0 Å². The monoisotopic (exact) mass is 274 g/mol. The number of fused-ring (bicyclic) bond motifs is 1. The first-order valence-corrected chi connectivity index (χ1v) is 6.32. The van der Waals surface area contributed by atoms with Crippen molar-refractivity contribution < 1.29 is 8.42 Å². The number of halogens is 2. The van der Waals surface area contributed by atoms with Crippen LogP contribution in [-0.2, 0) is 9.84 Å². The van der Waals surface area contributed by atoms with E-state index in [0.717, 1.165) is 0 Å². The van der Waals surface area contributed by atoms with Gasteiger partial charge in [0.1, 0.15) is 11.2 Å². The molecule has 1 aliphatic rings. The minimum Gasteiger partial charge on any atom is -0.343 e. The lowest BCUT2D eigenvalue weighted by molar-refractivity contribution is 0.602. The maximum Gasteiger partial charge on any atom is 0.221 e. The molecule has 0 radical (unpaired) electrons. The van der Waals surface area contributed by atoms with Gasteiger partial charge in [0.15, 0.2) is 4.91 Å². The number of allylic oxidation sites excluding steroid dienone is 1. The number of hydrogen-bond donors (Lipinski definition) is 1. The van der Waals surface area contributed by atoms with Crippen molar-refractivity contribution in [2.75, 3.05) is 5.32 Å². The van der Waals surface area contributed by atoms with Gasteiger partial charge in [0.25, 0.3) is 0 Å². The normalized spacial score (nSPS) is 17.3. The summed E-state index contributed by atoms with van der Waals surface area (Å²) in [5, 5.41) is 11.5. The predicted molar refractivity (Wildman–Crippen MR) is 60.8 cm³/mol. The molecular formula is C9H4Cl2N2O2S. The Morgan fingerprint density at radius 3 is 2.62 bits per heavy atom. The molecule has 1 heterocycles. The molecule has 0 aromatic heterocycles. The van der Waals surface area contributed by atoms with E-state index in [-0.39, 0.29) is 15.1 Å². The Morgan fingerprint density at radius 2 is 2.00 bits per heavy atom. The highest BCUT2D eigenvalue weighted by molar-refractivity contribution is 7.96. The van der Waals surface area contributed by atoms with E-state index in [4.69, 9.17) is 28.5 Å². The van der Waals surface area contributed by atoms with Crippen molar-refractivity contribution in [3.8, 4) is 6.07 Å². The number of anilines is 1. The highest BCUT2D eigenvalue weighted by Crippen LogP contribution is 2.36. The van der Waals surface area contributed by atoms with Crippen LogP contribution in [0.5, 0.6) is 0 Å². The maximum absolute atomic E-state index is 11.9. The molecule has 0 fully saturated rings. The van der Waals surface area contributed by atoms with Crippen LogP contribution in [0.2, 0.25) is 5.02 Å². The summed E-state index contributed by atoms with van der Waals surface area (Å²) >= 11 is 11.4. The van der Waals surface area contributed by atoms with Crippen LogP contribution in [0.1, 0.15) is 0 Å². The van der Waals surface area contributed by atoms with Crippen molar-refractivity contribution in [3.63, 3.8) is 0 Å². The van der Waals surface area contributed by atoms with Crippen molar-refractivity contribution in [1.29, 1.82) is 5.26 Å². The fourth-order valence-electron chi connectivity index (χ4n) is 1.33. The Balaban J connectivity index is 2.80. The zero-order chi connectivity index (χ0) is 11.9. The van der Waals surface area contributed by atoms with Gasteiger partial charge in [0, 0.05) is 5.02 Å². The molecule has 0 saturated heterocycles. The highest BCUT2D eigenvalue weighted by atomic mass is 35.5. The van der Waals surface area contributed by atoms with Crippen molar-refractivity contribution in [3.05, 3.63) is 33.3 Å². The number of sulfone groups is 1. The second kappa shape index (κ2) is 3.67. The first-order valence-electron chi connectivity index (χ1n) is 4.08. The molecule has 0 aliphatic carbocycles. The van der Waals surface area contributed by atoms with E-state index in [1.165, 1.54) is 18.2 Å². The van der Waals surface area contributed by atoms with Crippen LogP contribution >= 0.6 is 23.2 Å². The number of nitrogens with one attached hydrogen (secondary N) is 1. The Kier molecular flexibility index (Phi) is 2.58. The van der Waals surface area contributed by atoms with Crippen LogP contribution in [0.4, 0.5) is 5.69 Å². The minimum atomic E-state index is -3.86. The van der Waals surface area contributed by atoms with E-state index in [1.807, 2.05) is 0 Å². The third-order valence-electron chi connectivity index (χ3n) is 2.05. The molecule has 2 rings (SSSR count). The average molecular weight is 275 g/mol. The molecule has 16 heavy (non-hydrogen) atoms. The molecule has 0 spiro atoms. The van der Waals surface area contributed by atoms with Gasteiger partial charge in [-0.15, -0.1) is 0 Å². The molecule has 1 N–H and O–H groups in total. The van der Waals surface area contributed by atoms with Crippen LogP contribution in [0.15, 0.2) is 33.2 Å². The van der Waals surface area contributed by atoms with Crippen molar-refractivity contribution in [2.45, 2.75) is 4.90 Å². The van der Waals surface area contributed by atoms with Crippen molar-refractivity contribution >= 4 is 38.7 Å². The van der Waals surface area contributed by atoms with E-state index < -0.39 is 14.7 Å². The topological polar surface area (TPSA) is 70.0 Å². The molecule has 82 valence electrons. The summed E-state index contributed by atoms with van der Waals surface area (Å²) in [5.41, 5.74) is 0.313. The third-order valence-corrected chi connectivity index (χ3v) is 4.43. The Morgan fingerprint density at radius 1 is 1.31 bits per heavy atom. The summed E-state index contributed by atoms with van der Waals surface area (Å²) in [7, 11) is -3.86. The van der Waals surface area contributed by atoms with Gasteiger partial charge in [-0.05, 0) is 18.2 Å². The molecule has 1 aliphatic heterocycles. The Bertz CT molecular complexity index is 644. The van der Waals surface area contributed by atoms with Crippen LogP contribution in [0.3, 0.4) is 0 Å². The van der Waals surface area contributed by atoms with E-state index in [2.05, 4.69) is 5.32 Å². The lowest BCUT2D eigenvalue weighted by atomic mass is 10.3. The molecule has 7 heteroatoms. The van der Waals surface area contributed by atoms with Gasteiger partial charge in [-0.2, -0.15) is 5.26 Å². The summed E-state index contributed by atoms with van der Waals surface area (Å²) in [5.74, 6) is 0. The summed E-state index contributed by atoms with van der Waals surface area (Å²) < 4.78 is 23.9. The van der Waals surface area contributed by atoms with Gasteiger partial charge in [0.05, 0.1) is 10.6 Å².